The monoisotopic (exact) mass is 829 g/mol. The number of ether oxygens (including phenoxy) is 1. The first-order valence-corrected chi connectivity index (χ1v) is 3.28. The van der Waals surface area contributed by atoms with Crippen LogP contribution in [0.3, 0.4) is 0 Å². The molecule has 0 aromatic carbocycles. The van der Waals surface area contributed by atoms with Gasteiger partial charge in [-0.3, -0.25) is 0 Å². The second-order valence-corrected chi connectivity index (χ2v) is 2.59. The molecule has 1 aliphatic rings. The third kappa shape index (κ3) is 7.24. The Balaban J connectivity index is -0.000000333. The fourth-order valence-electron chi connectivity index (χ4n) is 0.953. The fourth-order valence-corrected chi connectivity index (χ4v) is 0.953. The molecule has 3 unspecified atom stereocenters. The summed E-state index contributed by atoms with van der Waals surface area (Å²) in [5.41, 5.74) is 0. The zero-order chi connectivity index (χ0) is 7.72. The van der Waals surface area contributed by atoms with Crippen LogP contribution in [0.5, 0.6) is 0 Å². The Labute approximate surface area is 185 Å². The van der Waals surface area contributed by atoms with Gasteiger partial charge in [-0.25, -0.2) is 0 Å². The number of aliphatic hydroxyl groups excluding tert-OH is 3. The molecule has 0 aromatic rings. The van der Waals surface area contributed by atoms with Crippen molar-refractivity contribution in [2.45, 2.75) is 31.3 Å². The second kappa shape index (κ2) is 11.3. The number of aliphatic hydroxyl groups is 3. The van der Waals surface area contributed by atoms with Crippen LogP contribution in [0.1, 0.15) is 6.92 Å². The van der Waals surface area contributed by atoms with Crippen molar-refractivity contribution in [3.63, 3.8) is 0 Å². The van der Waals surface area contributed by atoms with E-state index in [-0.39, 0.29) is 139 Å². The van der Waals surface area contributed by atoms with Crippen molar-refractivity contribution in [2.24, 2.45) is 0 Å². The molecule has 7 heteroatoms. The molecule has 0 aliphatic carbocycles. The number of hydrogen-bond donors (Lipinski definition) is 3. The van der Waals surface area contributed by atoms with Gasteiger partial charge in [-0.15, -0.1) is 0 Å². The first-order valence-electron chi connectivity index (χ1n) is 3.28. The molecule has 1 heterocycles. The Morgan fingerprint density at radius 2 is 1.46 bits per heavy atom. The molecule has 13 heavy (non-hydrogen) atoms. The summed E-state index contributed by atoms with van der Waals surface area (Å²) in [5.74, 6) is 0. The Bertz CT molecular complexity index is 112. The number of hydrogen-bond acceptors (Lipinski definition) is 4. The minimum atomic E-state index is -1.07. The average molecular weight is 829 g/mol. The topological polar surface area (TPSA) is 69.9 Å². The van der Waals surface area contributed by atoms with Crippen molar-refractivity contribution >= 4 is 0 Å². The summed E-state index contributed by atoms with van der Waals surface area (Å²) in [6.07, 6.45) is -3.38. The van der Waals surface area contributed by atoms with Gasteiger partial charge in [-0.05, 0) is 6.92 Å². The quantitative estimate of drug-likeness (QED) is 0.278. The summed E-state index contributed by atoms with van der Waals surface area (Å²) in [6.45, 7) is 1.75. The molecular formula is C6H12Ac3O4. The predicted octanol–water partition coefficient (Wildman–Crippen LogP) is -1.51. The van der Waals surface area contributed by atoms with Gasteiger partial charge in [0.25, 0.3) is 0 Å². The van der Waals surface area contributed by atoms with Crippen molar-refractivity contribution < 1.29 is 152 Å². The van der Waals surface area contributed by atoms with Gasteiger partial charge < -0.3 is 20.1 Å². The molecule has 4 nitrogen and oxygen atoms in total. The smallest absolute Gasteiger partial charge is 0.110 e. The molecule has 1 fully saturated rings. The summed E-state index contributed by atoms with van der Waals surface area (Å²) >= 11 is 0. The molecule has 0 saturated carbocycles. The van der Waals surface area contributed by atoms with Crippen molar-refractivity contribution in [3.8, 4) is 0 Å². The van der Waals surface area contributed by atoms with E-state index in [0.29, 0.717) is 0 Å². The fraction of sp³-hybridized carbons (Fsp3) is 1.00. The van der Waals surface area contributed by atoms with E-state index >= 15 is 0 Å². The Morgan fingerprint density at radius 1 is 1.00 bits per heavy atom. The molecule has 0 amide bonds. The van der Waals surface area contributed by atoms with Gasteiger partial charge in [-0.2, -0.15) is 0 Å². The standard InChI is InChI=1S/C6H12O4.3Ac/c1-3-5(8)6(9)4(7)2-10-3;;;/h3-9H,2H2,1H3;;;/t3-,4?,5?,6?;;;/m0.../s1. The summed E-state index contributed by atoms with van der Waals surface area (Å²) < 4.78 is 4.91. The van der Waals surface area contributed by atoms with Crippen LogP contribution >= 0.6 is 0 Å². The summed E-state index contributed by atoms with van der Waals surface area (Å²) in [6, 6.07) is 0. The van der Waals surface area contributed by atoms with Crippen LogP contribution in [0.25, 0.3) is 0 Å². The van der Waals surface area contributed by atoms with Crippen molar-refractivity contribution in [1.29, 1.82) is 0 Å². The van der Waals surface area contributed by atoms with E-state index in [1.165, 1.54) is 0 Å². The van der Waals surface area contributed by atoms with Crippen molar-refractivity contribution in [3.05, 3.63) is 0 Å². The zero-order valence-electron chi connectivity index (χ0n) is 7.50. The summed E-state index contributed by atoms with van der Waals surface area (Å²) in [4.78, 5) is 0. The molecule has 1 saturated heterocycles. The van der Waals surface area contributed by atoms with E-state index in [2.05, 4.69) is 0 Å². The van der Waals surface area contributed by atoms with Crippen LogP contribution in [0.15, 0.2) is 0 Å². The summed E-state index contributed by atoms with van der Waals surface area (Å²) in [7, 11) is 0. The maximum absolute atomic E-state index is 9.08. The van der Waals surface area contributed by atoms with E-state index in [4.69, 9.17) is 20.1 Å². The van der Waals surface area contributed by atoms with Gasteiger partial charge in [0.15, 0.2) is 0 Å². The van der Waals surface area contributed by atoms with Crippen LogP contribution in [0.2, 0.25) is 0 Å². The van der Waals surface area contributed by atoms with Crippen LogP contribution in [-0.2, 0) is 4.74 Å². The van der Waals surface area contributed by atoms with Crippen LogP contribution in [0.4, 0.5) is 0 Å². The molecule has 0 spiro atoms. The molecule has 4 atom stereocenters. The second-order valence-electron chi connectivity index (χ2n) is 2.59. The van der Waals surface area contributed by atoms with Crippen LogP contribution in [-0.4, -0.2) is 46.3 Å². The van der Waals surface area contributed by atoms with Crippen molar-refractivity contribution in [2.75, 3.05) is 6.61 Å². The average Bonchev–Trinajstić information content (AvgIpc) is 1.93. The molecule has 1 rings (SSSR count). The van der Waals surface area contributed by atoms with Gasteiger partial charge >= 0.3 is 0 Å². The van der Waals surface area contributed by atoms with Crippen LogP contribution < -0.4 is 0 Å². The first kappa shape index (κ1) is 22.4. The SMILES string of the molecule is C[C@@H]1OCC(O)C(O)C1O.[Ac].[Ac].[Ac]. The molecule has 0 aromatic heterocycles. The molecule has 69 valence electrons. The van der Waals surface area contributed by atoms with Gasteiger partial charge in [0, 0.05) is 132 Å². The Kier molecular flexibility index (Phi) is 19.4. The predicted molar refractivity (Wildman–Crippen MR) is 33.4 cm³/mol. The Hall–Kier alpha value is 4.16. The third-order valence-corrected chi connectivity index (χ3v) is 1.75. The minimum absolute atomic E-state index is 0. The normalized spacial score (nSPS) is 37.8. The van der Waals surface area contributed by atoms with E-state index in [9.17, 15) is 0 Å². The zero-order valence-corrected chi connectivity index (χ0v) is 21.7. The van der Waals surface area contributed by atoms with Gasteiger partial charge in [-0.1, -0.05) is 0 Å². The Morgan fingerprint density at radius 3 is 1.85 bits per heavy atom. The van der Waals surface area contributed by atoms with Gasteiger partial charge in [0.1, 0.15) is 18.3 Å². The van der Waals surface area contributed by atoms with Gasteiger partial charge in [0.2, 0.25) is 0 Å². The molecule has 1 aliphatic heterocycles. The molecular weight excluding hydrogens is 817 g/mol. The molecule has 3 radical (unpaired) electrons. The van der Waals surface area contributed by atoms with Crippen LogP contribution in [0, 0.1) is 132 Å². The van der Waals surface area contributed by atoms with E-state index in [0.717, 1.165) is 0 Å². The van der Waals surface area contributed by atoms with E-state index in [1.807, 2.05) is 0 Å². The minimum Gasteiger partial charge on any atom is -0.388 e. The van der Waals surface area contributed by atoms with Gasteiger partial charge in [0.05, 0.1) is 12.7 Å². The van der Waals surface area contributed by atoms with Crippen molar-refractivity contribution in [1.82, 2.24) is 0 Å². The third-order valence-electron chi connectivity index (χ3n) is 1.75. The van der Waals surface area contributed by atoms with E-state index in [1.54, 1.807) is 6.92 Å². The first-order chi connectivity index (χ1) is 4.63. The maximum atomic E-state index is 9.08. The maximum Gasteiger partial charge on any atom is 0.110 e. The molecule has 3 N–H and O–H groups in total. The molecule has 0 bridgehead atoms. The van der Waals surface area contributed by atoms with E-state index < -0.39 is 24.4 Å². The summed E-state index contributed by atoms with van der Waals surface area (Å²) in [5, 5.41) is 27.0. The largest absolute Gasteiger partial charge is 0.388 e. The number of rotatable bonds is 0.